The lowest BCUT2D eigenvalue weighted by Gasteiger charge is -2.33. The van der Waals surface area contributed by atoms with E-state index < -0.39 is 0 Å². The van der Waals surface area contributed by atoms with Crippen molar-refractivity contribution in [3.8, 4) is 0 Å². The Morgan fingerprint density at radius 3 is 1.91 bits per heavy atom. The largest absolute Gasteiger partial charge is 0.327 e. The summed E-state index contributed by atoms with van der Waals surface area (Å²) >= 11 is 0. The Morgan fingerprint density at radius 1 is 0.909 bits per heavy atom. The Balaban J connectivity index is 2.21. The Morgan fingerprint density at radius 2 is 1.45 bits per heavy atom. The fourth-order valence-electron chi connectivity index (χ4n) is 2.85. The molecule has 2 rings (SSSR count). The van der Waals surface area contributed by atoms with Gasteiger partial charge in [-0.1, -0.05) is 6.92 Å². The van der Waals surface area contributed by atoms with Crippen molar-refractivity contribution in [3.63, 3.8) is 0 Å². The molecule has 0 radical (unpaired) electrons. The van der Waals surface area contributed by atoms with Crippen molar-refractivity contribution in [3.05, 3.63) is 0 Å². The van der Waals surface area contributed by atoms with Crippen LogP contribution in [0, 0.1) is 17.8 Å². The van der Waals surface area contributed by atoms with Crippen LogP contribution < -0.4 is 17.2 Å². The number of hydrogen-bond donors (Lipinski definition) is 3. The van der Waals surface area contributed by atoms with Gasteiger partial charge in [0, 0.05) is 18.1 Å². The molecule has 0 aromatic carbocycles. The lowest BCUT2D eigenvalue weighted by Crippen LogP contribution is -2.55. The minimum absolute atomic E-state index is 0.159. The van der Waals surface area contributed by atoms with E-state index in [0.29, 0.717) is 23.8 Å². The minimum atomic E-state index is 0.159. The molecule has 3 nitrogen and oxygen atoms in total. The van der Waals surface area contributed by atoms with Crippen molar-refractivity contribution < 1.29 is 0 Å². The molecule has 2 saturated carbocycles. The molecule has 6 atom stereocenters. The molecule has 0 spiro atoms. The number of fused-ring (bicyclic) bond motifs is 2. The molecular formula is C8H17N3. The fourth-order valence-corrected chi connectivity index (χ4v) is 2.85. The summed E-state index contributed by atoms with van der Waals surface area (Å²) in [7, 11) is 0. The molecule has 2 aliphatic rings. The van der Waals surface area contributed by atoms with E-state index in [4.69, 9.17) is 17.2 Å². The number of nitrogens with two attached hydrogens (primary N) is 3. The van der Waals surface area contributed by atoms with Gasteiger partial charge in [0.15, 0.2) is 0 Å². The first-order chi connectivity index (χ1) is 5.13. The summed E-state index contributed by atoms with van der Waals surface area (Å²) in [6.45, 7) is 2.20. The molecule has 3 heteroatoms. The van der Waals surface area contributed by atoms with Crippen molar-refractivity contribution in [2.75, 3.05) is 0 Å². The highest BCUT2D eigenvalue weighted by Gasteiger charge is 2.52. The summed E-state index contributed by atoms with van der Waals surface area (Å²) in [5.41, 5.74) is 17.8. The molecule has 0 aromatic rings. The zero-order valence-electron chi connectivity index (χ0n) is 6.90. The predicted molar refractivity (Wildman–Crippen MR) is 44.7 cm³/mol. The highest BCUT2D eigenvalue weighted by Crippen LogP contribution is 2.45. The first-order valence-corrected chi connectivity index (χ1v) is 4.39. The zero-order chi connectivity index (χ0) is 8.17. The summed E-state index contributed by atoms with van der Waals surface area (Å²) in [4.78, 5) is 0. The standard InChI is InChI=1S/C8H17N3/c1-3-4-2-5(6(3)9)8(11)7(4)10/h3-8H,2,9-11H2,1H3. The molecule has 2 aliphatic carbocycles. The minimum Gasteiger partial charge on any atom is -0.327 e. The van der Waals surface area contributed by atoms with Crippen molar-refractivity contribution >= 4 is 0 Å². The molecule has 64 valence electrons. The third kappa shape index (κ3) is 0.789. The average molecular weight is 155 g/mol. The van der Waals surface area contributed by atoms with Crippen LogP contribution in [0.1, 0.15) is 13.3 Å². The quantitative estimate of drug-likeness (QED) is 0.431. The molecule has 0 heterocycles. The number of hydrogen-bond acceptors (Lipinski definition) is 3. The molecule has 0 aromatic heterocycles. The lowest BCUT2D eigenvalue weighted by atomic mass is 9.81. The van der Waals surface area contributed by atoms with E-state index >= 15 is 0 Å². The Bertz CT molecular complexity index is 137. The third-order valence-electron chi connectivity index (χ3n) is 3.75. The molecule has 11 heavy (non-hydrogen) atoms. The zero-order valence-corrected chi connectivity index (χ0v) is 6.90. The Kier molecular flexibility index (Phi) is 1.50. The van der Waals surface area contributed by atoms with Crippen LogP contribution in [-0.2, 0) is 0 Å². The molecule has 0 aliphatic heterocycles. The van der Waals surface area contributed by atoms with Crippen LogP contribution in [0.4, 0.5) is 0 Å². The van der Waals surface area contributed by atoms with Crippen LogP contribution in [-0.4, -0.2) is 18.1 Å². The first kappa shape index (κ1) is 7.53. The summed E-state index contributed by atoms with van der Waals surface area (Å²) in [6, 6.07) is 0.663. The summed E-state index contributed by atoms with van der Waals surface area (Å²) in [5, 5.41) is 0. The topological polar surface area (TPSA) is 78.1 Å². The molecular weight excluding hydrogens is 138 g/mol. The van der Waals surface area contributed by atoms with Crippen molar-refractivity contribution in [1.82, 2.24) is 0 Å². The van der Waals surface area contributed by atoms with Gasteiger partial charge in [-0.15, -0.1) is 0 Å². The van der Waals surface area contributed by atoms with E-state index in [1.54, 1.807) is 0 Å². The molecule has 0 amide bonds. The van der Waals surface area contributed by atoms with Gasteiger partial charge in [0.25, 0.3) is 0 Å². The number of rotatable bonds is 0. The van der Waals surface area contributed by atoms with Gasteiger partial charge in [-0.3, -0.25) is 0 Å². The van der Waals surface area contributed by atoms with E-state index in [1.807, 2.05) is 0 Å². The van der Waals surface area contributed by atoms with Crippen LogP contribution in [0.2, 0.25) is 0 Å². The Labute approximate surface area is 67.3 Å². The van der Waals surface area contributed by atoms with Gasteiger partial charge in [0.1, 0.15) is 0 Å². The Hall–Kier alpha value is -0.120. The van der Waals surface area contributed by atoms with Gasteiger partial charge in [0.2, 0.25) is 0 Å². The second-order valence-corrected chi connectivity index (χ2v) is 4.15. The van der Waals surface area contributed by atoms with Crippen LogP contribution in [0.3, 0.4) is 0 Å². The van der Waals surface area contributed by atoms with E-state index in [1.165, 1.54) is 0 Å². The fraction of sp³-hybridized carbons (Fsp3) is 1.00. The van der Waals surface area contributed by atoms with Crippen molar-refractivity contribution in [2.45, 2.75) is 31.5 Å². The third-order valence-corrected chi connectivity index (χ3v) is 3.75. The first-order valence-electron chi connectivity index (χ1n) is 4.39. The van der Waals surface area contributed by atoms with Crippen LogP contribution in [0.5, 0.6) is 0 Å². The second-order valence-electron chi connectivity index (χ2n) is 4.15. The molecule has 6 N–H and O–H groups in total. The van der Waals surface area contributed by atoms with Crippen molar-refractivity contribution in [1.29, 1.82) is 0 Å². The highest BCUT2D eigenvalue weighted by molar-refractivity contribution is 5.09. The maximum absolute atomic E-state index is 5.98. The SMILES string of the molecule is CC1C(N)C2CC1C(N)C2N. The van der Waals surface area contributed by atoms with Gasteiger partial charge < -0.3 is 17.2 Å². The maximum Gasteiger partial charge on any atom is 0.0238 e. The molecule has 2 bridgehead atoms. The molecule has 2 fully saturated rings. The second kappa shape index (κ2) is 2.19. The molecule has 0 saturated heterocycles. The van der Waals surface area contributed by atoms with Gasteiger partial charge in [0.05, 0.1) is 0 Å². The maximum atomic E-state index is 5.98. The summed E-state index contributed by atoms with van der Waals surface area (Å²) < 4.78 is 0. The lowest BCUT2D eigenvalue weighted by molar-refractivity contribution is 0.250. The van der Waals surface area contributed by atoms with Gasteiger partial charge in [-0.05, 0) is 24.2 Å². The highest BCUT2D eigenvalue weighted by atomic mass is 14.9. The van der Waals surface area contributed by atoms with Gasteiger partial charge >= 0.3 is 0 Å². The van der Waals surface area contributed by atoms with E-state index in [0.717, 1.165) is 6.42 Å². The van der Waals surface area contributed by atoms with E-state index in [2.05, 4.69) is 6.92 Å². The normalized spacial score (nSPS) is 62.2. The summed E-state index contributed by atoms with van der Waals surface area (Å²) in [6.07, 6.45) is 1.16. The van der Waals surface area contributed by atoms with Gasteiger partial charge in [-0.25, -0.2) is 0 Å². The predicted octanol–water partition coefficient (Wildman–Crippen LogP) is -0.746. The smallest absolute Gasteiger partial charge is 0.0238 e. The van der Waals surface area contributed by atoms with E-state index in [-0.39, 0.29) is 12.1 Å². The van der Waals surface area contributed by atoms with Crippen LogP contribution in [0.15, 0.2) is 0 Å². The van der Waals surface area contributed by atoms with Crippen molar-refractivity contribution in [2.24, 2.45) is 35.0 Å². The van der Waals surface area contributed by atoms with E-state index in [9.17, 15) is 0 Å². The molecule has 6 unspecified atom stereocenters. The van der Waals surface area contributed by atoms with Crippen LogP contribution in [0.25, 0.3) is 0 Å². The van der Waals surface area contributed by atoms with Crippen LogP contribution >= 0.6 is 0 Å². The average Bonchev–Trinajstić information content (AvgIpc) is 2.40. The van der Waals surface area contributed by atoms with Gasteiger partial charge in [-0.2, -0.15) is 0 Å². The summed E-state index contributed by atoms with van der Waals surface area (Å²) in [5.74, 6) is 1.66. The monoisotopic (exact) mass is 155 g/mol.